The monoisotopic (exact) mass is 378 g/mol. The highest BCUT2D eigenvalue weighted by Crippen LogP contribution is 2.21. The minimum Gasteiger partial charge on any atom is -0.323 e. The quantitative estimate of drug-likeness (QED) is 0.498. The number of amides is 4. The number of anilines is 1. The van der Waals surface area contributed by atoms with Crippen molar-refractivity contribution in [2.24, 2.45) is 11.3 Å². The van der Waals surface area contributed by atoms with Gasteiger partial charge in [-0.3, -0.25) is 14.8 Å². The predicted molar refractivity (Wildman–Crippen MR) is 102 cm³/mol. The summed E-state index contributed by atoms with van der Waals surface area (Å²) in [6.45, 7) is 9.36. The van der Waals surface area contributed by atoms with Crippen LogP contribution in [0.1, 0.15) is 53.9 Å². The number of pyridine rings is 1. The fraction of sp³-hybridized carbons (Fsp3) is 0.579. The summed E-state index contributed by atoms with van der Waals surface area (Å²) in [4.78, 5) is 40.8. The van der Waals surface area contributed by atoms with E-state index in [0.29, 0.717) is 18.2 Å². The molecule has 1 aromatic heterocycles. The van der Waals surface area contributed by atoms with Crippen molar-refractivity contribution in [1.82, 2.24) is 15.4 Å². The van der Waals surface area contributed by atoms with Gasteiger partial charge < -0.3 is 10.6 Å². The highest BCUT2D eigenvalue weighted by atomic mass is 16.5. The van der Waals surface area contributed by atoms with E-state index in [9.17, 15) is 19.6 Å². The molecule has 3 N–H and O–H groups in total. The van der Waals surface area contributed by atoms with Gasteiger partial charge in [-0.1, -0.05) is 47.1 Å². The Hall–Kier alpha value is -2.48. The van der Waals surface area contributed by atoms with Crippen molar-refractivity contribution in [2.75, 3.05) is 5.32 Å². The van der Waals surface area contributed by atoms with Gasteiger partial charge in [0, 0.05) is 12.6 Å². The molecule has 1 heterocycles. The Morgan fingerprint density at radius 2 is 1.89 bits per heavy atom. The molecule has 0 saturated heterocycles. The molecule has 0 saturated carbocycles. The SMILES string of the molecule is CC(C)CCCC(=O)N(O)C(=O)N[C@H](C(=O)Nc1ccccn1)C(C)(C)C. The second-order valence-corrected chi connectivity index (χ2v) is 7.94. The van der Waals surface area contributed by atoms with E-state index < -0.39 is 29.3 Å². The minimum atomic E-state index is -1.03. The first-order valence-corrected chi connectivity index (χ1v) is 9.06. The molecule has 0 spiro atoms. The average molecular weight is 378 g/mol. The first-order valence-electron chi connectivity index (χ1n) is 9.06. The normalized spacial score (nSPS) is 12.4. The van der Waals surface area contributed by atoms with Crippen molar-refractivity contribution in [3.05, 3.63) is 24.4 Å². The van der Waals surface area contributed by atoms with Crippen LogP contribution < -0.4 is 10.6 Å². The van der Waals surface area contributed by atoms with Gasteiger partial charge in [0.2, 0.25) is 5.91 Å². The Kier molecular flexibility index (Phi) is 8.36. The molecule has 0 radical (unpaired) electrons. The van der Waals surface area contributed by atoms with E-state index in [1.54, 1.807) is 39.0 Å². The number of aromatic nitrogens is 1. The van der Waals surface area contributed by atoms with E-state index in [0.717, 1.165) is 6.42 Å². The largest absolute Gasteiger partial charge is 0.349 e. The molecular formula is C19H30N4O4. The third-order valence-corrected chi connectivity index (χ3v) is 3.91. The van der Waals surface area contributed by atoms with Gasteiger partial charge in [0.15, 0.2) is 0 Å². The van der Waals surface area contributed by atoms with Gasteiger partial charge >= 0.3 is 6.03 Å². The van der Waals surface area contributed by atoms with Crippen molar-refractivity contribution in [3.8, 4) is 0 Å². The van der Waals surface area contributed by atoms with Crippen molar-refractivity contribution >= 4 is 23.7 Å². The number of urea groups is 1. The van der Waals surface area contributed by atoms with Gasteiger partial charge in [-0.05, 0) is 29.9 Å². The summed E-state index contributed by atoms with van der Waals surface area (Å²) in [7, 11) is 0. The molecule has 4 amide bonds. The Morgan fingerprint density at radius 1 is 1.22 bits per heavy atom. The molecule has 1 atom stereocenters. The van der Waals surface area contributed by atoms with Gasteiger partial charge in [-0.25, -0.2) is 9.78 Å². The zero-order chi connectivity index (χ0) is 20.6. The molecule has 150 valence electrons. The number of hydroxylamine groups is 2. The number of hydrogen-bond acceptors (Lipinski definition) is 5. The lowest BCUT2D eigenvalue weighted by Gasteiger charge is -2.31. The molecule has 0 fully saturated rings. The average Bonchev–Trinajstić information content (AvgIpc) is 2.58. The molecule has 0 unspecified atom stereocenters. The van der Waals surface area contributed by atoms with E-state index in [-0.39, 0.29) is 11.5 Å². The van der Waals surface area contributed by atoms with Gasteiger partial charge in [-0.2, -0.15) is 0 Å². The van der Waals surface area contributed by atoms with Gasteiger partial charge in [-0.15, -0.1) is 5.06 Å². The maximum absolute atomic E-state index is 12.6. The Morgan fingerprint density at radius 3 is 2.41 bits per heavy atom. The molecule has 0 aliphatic heterocycles. The number of imide groups is 1. The van der Waals surface area contributed by atoms with E-state index in [4.69, 9.17) is 0 Å². The highest BCUT2D eigenvalue weighted by Gasteiger charge is 2.35. The molecule has 0 aliphatic rings. The maximum Gasteiger partial charge on any atom is 0.349 e. The fourth-order valence-corrected chi connectivity index (χ4v) is 2.38. The Balaban J connectivity index is 2.74. The van der Waals surface area contributed by atoms with Gasteiger partial charge in [0.1, 0.15) is 11.9 Å². The third kappa shape index (κ3) is 7.74. The topological polar surface area (TPSA) is 112 Å². The van der Waals surface area contributed by atoms with Crippen LogP contribution in [0.25, 0.3) is 0 Å². The Labute approximate surface area is 160 Å². The van der Waals surface area contributed by atoms with E-state index in [2.05, 4.69) is 15.6 Å². The summed E-state index contributed by atoms with van der Waals surface area (Å²) in [6.07, 6.45) is 2.98. The minimum absolute atomic E-state index is 0.0487. The number of rotatable bonds is 7. The fourth-order valence-electron chi connectivity index (χ4n) is 2.38. The van der Waals surface area contributed by atoms with Crippen LogP contribution in [0.15, 0.2) is 24.4 Å². The molecule has 8 heteroatoms. The van der Waals surface area contributed by atoms with Crippen molar-refractivity contribution in [1.29, 1.82) is 0 Å². The molecule has 8 nitrogen and oxygen atoms in total. The van der Waals surface area contributed by atoms with Crippen LogP contribution in [0.2, 0.25) is 0 Å². The van der Waals surface area contributed by atoms with Crippen molar-refractivity contribution in [3.63, 3.8) is 0 Å². The molecule has 0 aliphatic carbocycles. The lowest BCUT2D eigenvalue weighted by atomic mass is 9.86. The number of carbonyl (C=O) groups excluding carboxylic acids is 3. The Bertz CT molecular complexity index is 641. The molecule has 27 heavy (non-hydrogen) atoms. The second-order valence-electron chi connectivity index (χ2n) is 7.94. The van der Waals surface area contributed by atoms with Gasteiger partial charge in [0.05, 0.1) is 0 Å². The summed E-state index contributed by atoms with van der Waals surface area (Å²) in [5, 5.41) is 15.0. The van der Waals surface area contributed by atoms with Crippen LogP contribution in [0.5, 0.6) is 0 Å². The molecular weight excluding hydrogens is 348 g/mol. The first-order chi connectivity index (χ1) is 12.5. The number of nitrogens with one attached hydrogen (secondary N) is 2. The van der Waals surface area contributed by atoms with Crippen LogP contribution >= 0.6 is 0 Å². The van der Waals surface area contributed by atoms with Crippen molar-refractivity contribution < 1.29 is 19.6 Å². The lowest BCUT2D eigenvalue weighted by Crippen LogP contribution is -2.55. The highest BCUT2D eigenvalue weighted by molar-refractivity contribution is 5.99. The zero-order valence-corrected chi connectivity index (χ0v) is 16.7. The number of carbonyl (C=O) groups is 3. The molecule has 0 aromatic carbocycles. The molecule has 1 aromatic rings. The van der Waals surface area contributed by atoms with E-state index in [1.807, 2.05) is 13.8 Å². The number of nitrogens with zero attached hydrogens (tertiary/aromatic N) is 2. The van der Waals surface area contributed by atoms with Crippen LogP contribution in [0.3, 0.4) is 0 Å². The standard InChI is InChI=1S/C19H30N4O4/c1-13(2)9-8-11-15(24)23(27)18(26)22-16(19(3,4)5)17(25)21-14-10-6-7-12-20-14/h6-7,10,12-13,16,27H,8-9,11H2,1-5H3,(H,22,26)(H,20,21,25)/t16-/m1/s1. The first kappa shape index (κ1) is 22.6. The van der Waals surface area contributed by atoms with Crippen LogP contribution in [-0.2, 0) is 9.59 Å². The third-order valence-electron chi connectivity index (χ3n) is 3.91. The van der Waals surface area contributed by atoms with Gasteiger partial charge in [0.25, 0.3) is 5.91 Å². The molecule has 1 rings (SSSR count). The van der Waals surface area contributed by atoms with E-state index in [1.165, 1.54) is 6.20 Å². The second kappa shape index (κ2) is 10.0. The lowest BCUT2D eigenvalue weighted by molar-refractivity contribution is -0.153. The van der Waals surface area contributed by atoms with Crippen LogP contribution in [0.4, 0.5) is 10.6 Å². The number of hydrogen-bond donors (Lipinski definition) is 3. The van der Waals surface area contributed by atoms with Crippen molar-refractivity contribution in [2.45, 2.75) is 59.9 Å². The summed E-state index contributed by atoms with van der Waals surface area (Å²) in [5.41, 5.74) is -0.657. The van der Waals surface area contributed by atoms with Crippen LogP contribution in [-0.4, -0.2) is 39.1 Å². The summed E-state index contributed by atoms with van der Waals surface area (Å²) >= 11 is 0. The summed E-state index contributed by atoms with van der Waals surface area (Å²) in [5.74, 6) is -0.419. The zero-order valence-electron chi connectivity index (χ0n) is 16.7. The summed E-state index contributed by atoms with van der Waals surface area (Å²) in [6, 6.07) is 3.05. The molecule has 0 bridgehead atoms. The van der Waals surface area contributed by atoms with E-state index >= 15 is 0 Å². The van der Waals surface area contributed by atoms with Crippen LogP contribution in [0, 0.1) is 11.3 Å². The maximum atomic E-state index is 12.6. The summed E-state index contributed by atoms with van der Waals surface area (Å²) < 4.78 is 0. The predicted octanol–water partition coefficient (Wildman–Crippen LogP) is 3.19. The smallest absolute Gasteiger partial charge is 0.323 e.